The number of nitrogens with zero attached hydrogens (tertiary/aromatic N) is 2. The maximum Gasteiger partial charge on any atom is 0.573 e. The monoisotopic (exact) mass is 586 g/mol. The van der Waals surface area contributed by atoms with E-state index in [1.165, 1.54) is 19.1 Å². The van der Waals surface area contributed by atoms with Crippen molar-refractivity contribution in [2.75, 3.05) is 0 Å². The molecule has 42 heavy (non-hydrogen) atoms. The molecule has 0 amide bonds. The van der Waals surface area contributed by atoms with Crippen LogP contribution in [0.4, 0.5) is 39.5 Å². The minimum Gasteiger partial charge on any atom is -0.405 e. The van der Waals surface area contributed by atoms with Crippen molar-refractivity contribution in [1.29, 1.82) is 5.26 Å². The highest BCUT2D eigenvalue weighted by molar-refractivity contribution is 6.06. The summed E-state index contributed by atoms with van der Waals surface area (Å²) in [6, 6.07) is 8.70. The standard InChI is InChI=1S/C30H11F9N2O/c1-12-3-19-17(8-15(12)13-4-21(31)28(35)22(32)5-13)18-9-16(14-6-23(33)29(36)24(34)7-14)26(42-30(37,38)39)10-20(18)27(19)25(11-40)41-2/h3-10H,1H3/b27-25+. The molecular weight excluding hydrogens is 575 g/mol. The van der Waals surface area contributed by atoms with Crippen molar-refractivity contribution >= 4 is 5.57 Å². The van der Waals surface area contributed by atoms with Gasteiger partial charge < -0.3 is 4.74 Å². The predicted molar refractivity (Wildman–Crippen MR) is 132 cm³/mol. The molecular formula is C30H11F9N2O. The van der Waals surface area contributed by atoms with Gasteiger partial charge in [0.15, 0.2) is 34.9 Å². The van der Waals surface area contributed by atoms with Gasteiger partial charge in [-0.1, -0.05) is 6.07 Å². The van der Waals surface area contributed by atoms with Crippen LogP contribution in [0.5, 0.6) is 5.75 Å². The Morgan fingerprint density at radius 2 is 1.14 bits per heavy atom. The van der Waals surface area contributed by atoms with E-state index in [4.69, 9.17) is 6.57 Å². The van der Waals surface area contributed by atoms with Crippen molar-refractivity contribution in [3.05, 3.63) is 117 Å². The quantitative estimate of drug-likeness (QED) is 0.0915. The second kappa shape index (κ2) is 10.00. The topological polar surface area (TPSA) is 37.4 Å². The average Bonchev–Trinajstić information content (AvgIpc) is 3.20. The summed E-state index contributed by atoms with van der Waals surface area (Å²) in [4.78, 5) is 3.17. The minimum atomic E-state index is -5.30. The van der Waals surface area contributed by atoms with Crippen molar-refractivity contribution < 1.29 is 44.3 Å². The zero-order valence-electron chi connectivity index (χ0n) is 20.8. The maximum atomic E-state index is 14.1. The molecule has 3 nitrogen and oxygen atoms in total. The molecule has 1 aliphatic carbocycles. The van der Waals surface area contributed by atoms with Crippen LogP contribution in [0.2, 0.25) is 0 Å². The highest BCUT2D eigenvalue weighted by atomic mass is 19.4. The second-order valence-electron chi connectivity index (χ2n) is 9.11. The summed E-state index contributed by atoms with van der Waals surface area (Å²) in [5.41, 5.74) is -1.00. The molecule has 0 saturated heterocycles. The van der Waals surface area contributed by atoms with Gasteiger partial charge in [-0.15, -0.1) is 13.2 Å². The van der Waals surface area contributed by atoms with E-state index in [1.54, 1.807) is 6.07 Å². The molecule has 0 N–H and O–H groups in total. The molecule has 0 heterocycles. The lowest BCUT2D eigenvalue weighted by Crippen LogP contribution is -2.18. The van der Waals surface area contributed by atoms with E-state index in [-0.39, 0.29) is 39.0 Å². The first-order valence-corrected chi connectivity index (χ1v) is 11.6. The van der Waals surface area contributed by atoms with Gasteiger partial charge in [-0.25, -0.2) is 36.4 Å². The van der Waals surface area contributed by atoms with Gasteiger partial charge in [0, 0.05) is 11.1 Å². The number of nitriles is 1. The van der Waals surface area contributed by atoms with Crippen LogP contribution < -0.4 is 4.74 Å². The summed E-state index contributed by atoms with van der Waals surface area (Å²) in [6.45, 7) is 8.95. The molecule has 12 heteroatoms. The van der Waals surface area contributed by atoms with Crippen LogP contribution in [0.3, 0.4) is 0 Å². The molecule has 5 rings (SSSR count). The van der Waals surface area contributed by atoms with E-state index in [1.807, 2.05) is 0 Å². The van der Waals surface area contributed by atoms with Gasteiger partial charge in [0.2, 0.25) is 0 Å². The van der Waals surface area contributed by atoms with Gasteiger partial charge in [0.1, 0.15) is 5.75 Å². The fraction of sp³-hybridized carbons (Fsp3) is 0.0667. The molecule has 0 radical (unpaired) electrons. The number of hydrogen-bond donors (Lipinski definition) is 0. The summed E-state index contributed by atoms with van der Waals surface area (Å²) in [5.74, 6) is -10.9. The zero-order chi connectivity index (χ0) is 30.7. The molecule has 0 spiro atoms. The third-order valence-corrected chi connectivity index (χ3v) is 6.58. The van der Waals surface area contributed by atoms with E-state index >= 15 is 0 Å². The highest BCUT2D eigenvalue weighted by Gasteiger charge is 2.35. The summed E-state index contributed by atoms with van der Waals surface area (Å²) < 4.78 is 128. The number of fused-ring (bicyclic) bond motifs is 3. The smallest absolute Gasteiger partial charge is 0.405 e. The Morgan fingerprint density at radius 3 is 1.60 bits per heavy atom. The van der Waals surface area contributed by atoms with Crippen LogP contribution in [-0.2, 0) is 0 Å². The number of ether oxygens (including phenoxy) is 1. The van der Waals surface area contributed by atoms with E-state index in [9.17, 15) is 44.8 Å². The molecule has 4 aromatic rings. The van der Waals surface area contributed by atoms with Crippen LogP contribution in [0, 0.1) is 59.7 Å². The third-order valence-electron chi connectivity index (χ3n) is 6.58. The Kier molecular flexibility index (Phi) is 6.74. The van der Waals surface area contributed by atoms with Crippen LogP contribution in [0.1, 0.15) is 16.7 Å². The minimum absolute atomic E-state index is 0.0513. The molecule has 0 fully saturated rings. The first kappa shape index (κ1) is 28.3. The molecule has 0 bridgehead atoms. The number of hydrogen-bond acceptors (Lipinski definition) is 2. The van der Waals surface area contributed by atoms with Gasteiger partial charge in [-0.3, -0.25) is 0 Å². The van der Waals surface area contributed by atoms with Crippen molar-refractivity contribution in [2.24, 2.45) is 0 Å². The number of benzene rings is 4. The number of allylic oxidation sites excluding steroid dienone is 1. The van der Waals surface area contributed by atoms with Gasteiger partial charge in [0.25, 0.3) is 5.70 Å². The number of aryl methyl sites for hydroxylation is 1. The predicted octanol–water partition coefficient (Wildman–Crippen LogP) is 9.24. The largest absolute Gasteiger partial charge is 0.573 e. The van der Waals surface area contributed by atoms with Gasteiger partial charge >= 0.3 is 6.36 Å². The normalized spacial score (nSPS) is 13.2. The molecule has 0 unspecified atom stereocenters. The molecule has 0 aliphatic heterocycles. The Bertz CT molecular complexity index is 1880. The van der Waals surface area contributed by atoms with Crippen molar-refractivity contribution in [3.63, 3.8) is 0 Å². The van der Waals surface area contributed by atoms with E-state index in [0.29, 0.717) is 17.7 Å². The highest BCUT2D eigenvalue weighted by Crippen LogP contribution is 2.52. The number of alkyl halides is 3. The molecule has 4 aromatic carbocycles. The Labute approximate surface area is 231 Å². The van der Waals surface area contributed by atoms with Gasteiger partial charge in [-0.2, -0.15) is 0 Å². The summed E-state index contributed by atoms with van der Waals surface area (Å²) in [6.07, 6.45) is -5.30. The van der Waals surface area contributed by atoms with Crippen molar-refractivity contribution in [2.45, 2.75) is 13.3 Å². The Balaban J connectivity index is 1.88. The zero-order valence-corrected chi connectivity index (χ0v) is 20.8. The molecule has 210 valence electrons. The summed E-state index contributed by atoms with van der Waals surface area (Å²) in [5, 5.41) is 9.63. The van der Waals surface area contributed by atoms with E-state index < -0.39 is 63.8 Å². The lowest BCUT2D eigenvalue weighted by Gasteiger charge is -2.16. The molecule has 0 atom stereocenters. The SMILES string of the molecule is [C-]#[N+]/C(C#N)=C1\c2cc(C)c(-c3cc(F)c(F)c(F)c3)cc2-c2cc(-c3cc(F)c(F)c(F)c3)c(OC(F)(F)F)cc21. The van der Waals surface area contributed by atoms with Crippen molar-refractivity contribution in [3.8, 4) is 45.2 Å². The first-order valence-electron chi connectivity index (χ1n) is 11.6. The summed E-state index contributed by atoms with van der Waals surface area (Å²) >= 11 is 0. The second-order valence-corrected chi connectivity index (χ2v) is 9.11. The van der Waals surface area contributed by atoms with Crippen LogP contribution in [-0.4, -0.2) is 6.36 Å². The first-order chi connectivity index (χ1) is 19.7. The summed E-state index contributed by atoms with van der Waals surface area (Å²) in [7, 11) is 0. The third kappa shape index (κ3) is 4.71. The number of rotatable bonds is 3. The fourth-order valence-electron chi connectivity index (χ4n) is 4.85. The van der Waals surface area contributed by atoms with Crippen LogP contribution in [0.15, 0.2) is 54.2 Å². The van der Waals surface area contributed by atoms with Crippen LogP contribution >= 0.6 is 0 Å². The molecule has 1 aliphatic rings. The van der Waals surface area contributed by atoms with E-state index in [0.717, 1.165) is 24.3 Å². The molecule has 0 saturated carbocycles. The van der Waals surface area contributed by atoms with Crippen LogP contribution in [0.25, 0.3) is 43.8 Å². The lowest BCUT2D eigenvalue weighted by molar-refractivity contribution is -0.274. The average molecular weight is 586 g/mol. The number of halogens is 9. The van der Waals surface area contributed by atoms with Gasteiger partial charge in [-0.05, 0) is 93.9 Å². The Morgan fingerprint density at radius 1 is 0.690 bits per heavy atom. The van der Waals surface area contributed by atoms with E-state index in [2.05, 4.69) is 9.58 Å². The lowest BCUT2D eigenvalue weighted by atomic mass is 9.92. The molecule has 0 aromatic heterocycles. The van der Waals surface area contributed by atoms with Crippen molar-refractivity contribution in [1.82, 2.24) is 0 Å². The fourth-order valence-corrected chi connectivity index (χ4v) is 4.85. The maximum absolute atomic E-state index is 14.1. The van der Waals surface area contributed by atoms with Gasteiger partial charge in [0.05, 0.1) is 12.6 Å². The Hall–Kier alpha value is -5.23.